The number of likely N-dealkylation sites (N-methyl/N-ethyl adjacent to an activating group) is 1. The van der Waals surface area contributed by atoms with Crippen LogP contribution in [0.2, 0.25) is 5.02 Å². The molecule has 2 atom stereocenters. The van der Waals surface area contributed by atoms with Crippen molar-refractivity contribution in [1.29, 1.82) is 0 Å². The summed E-state index contributed by atoms with van der Waals surface area (Å²) < 4.78 is 0. The molecule has 0 fully saturated rings. The van der Waals surface area contributed by atoms with Gasteiger partial charge in [-0.3, -0.25) is 4.90 Å². The normalized spacial score (nSPS) is 15.3. The number of halogens is 1. The van der Waals surface area contributed by atoms with Crippen molar-refractivity contribution in [2.75, 3.05) is 13.6 Å². The Morgan fingerprint density at radius 1 is 1.27 bits per heavy atom. The highest BCUT2D eigenvalue weighted by Crippen LogP contribution is 2.20. The third-order valence-electron chi connectivity index (χ3n) is 2.57. The minimum absolute atomic E-state index is 0.289. The van der Waals surface area contributed by atoms with Crippen molar-refractivity contribution >= 4 is 11.6 Å². The van der Waals surface area contributed by atoms with Gasteiger partial charge in [0.05, 0.1) is 6.10 Å². The molecule has 0 saturated carbocycles. The highest BCUT2D eigenvalue weighted by atomic mass is 35.5. The van der Waals surface area contributed by atoms with Gasteiger partial charge in [-0.1, -0.05) is 23.7 Å². The highest BCUT2D eigenvalue weighted by molar-refractivity contribution is 6.30. The standard InChI is InChI=1S/C12H18ClNO/c1-9(15)8-14(3)10(2)11-4-6-12(13)7-5-11/h4-7,9-10,15H,8H2,1-3H3/t9-,10?/m1/s1. The molecule has 0 bridgehead atoms. The van der Waals surface area contributed by atoms with Gasteiger partial charge in [0, 0.05) is 17.6 Å². The van der Waals surface area contributed by atoms with Crippen molar-refractivity contribution in [2.45, 2.75) is 26.0 Å². The van der Waals surface area contributed by atoms with Gasteiger partial charge in [0.25, 0.3) is 0 Å². The van der Waals surface area contributed by atoms with Crippen LogP contribution in [0.3, 0.4) is 0 Å². The number of hydrogen-bond donors (Lipinski definition) is 1. The van der Waals surface area contributed by atoms with Crippen LogP contribution in [-0.2, 0) is 0 Å². The summed E-state index contributed by atoms with van der Waals surface area (Å²) in [5, 5.41) is 10.1. The van der Waals surface area contributed by atoms with Crippen LogP contribution >= 0.6 is 11.6 Å². The fourth-order valence-corrected chi connectivity index (χ4v) is 1.70. The summed E-state index contributed by atoms with van der Waals surface area (Å²) in [5.74, 6) is 0. The van der Waals surface area contributed by atoms with Crippen molar-refractivity contribution in [1.82, 2.24) is 4.90 Å². The van der Waals surface area contributed by atoms with Crippen LogP contribution in [0, 0.1) is 0 Å². The largest absolute Gasteiger partial charge is 0.392 e. The Balaban J connectivity index is 2.67. The maximum absolute atomic E-state index is 9.30. The van der Waals surface area contributed by atoms with Gasteiger partial charge in [-0.15, -0.1) is 0 Å². The van der Waals surface area contributed by atoms with Gasteiger partial charge in [-0.25, -0.2) is 0 Å². The number of benzene rings is 1. The van der Waals surface area contributed by atoms with Gasteiger partial charge in [0.2, 0.25) is 0 Å². The molecule has 84 valence electrons. The fourth-order valence-electron chi connectivity index (χ4n) is 1.57. The first-order valence-electron chi connectivity index (χ1n) is 5.14. The van der Waals surface area contributed by atoms with Crippen molar-refractivity contribution in [3.05, 3.63) is 34.9 Å². The summed E-state index contributed by atoms with van der Waals surface area (Å²) in [5.41, 5.74) is 1.21. The molecule has 3 heteroatoms. The number of hydrogen-bond acceptors (Lipinski definition) is 2. The molecule has 0 radical (unpaired) electrons. The predicted octanol–water partition coefficient (Wildman–Crippen LogP) is 2.71. The van der Waals surface area contributed by atoms with E-state index in [1.807, 2.05) is 31.3 Å². The van der Waals surface area contributed by atoms with E-state index in [0.29, 0.717) is 6.54 Å². The zero-order chi connectivity index (χ0) is 11.4. The van der Waals surface area contributed by atoms with Crippen LogP contribution in [0.25, 0.3) is 0 Å². The minimum atomic E-state index is -0.301. The molecule has 0 saturated heterocycles. The number of rotatable bonds is 4. The summed E-state index contributed by atoms with van der Waals surface area (Å²) in [6.07, 6.45) is -0.301. The topological polar surface area (TPSA) is 23.5 Å². The Kier molecular flexibility index (Phi) is 4.58. The zero-order valence-corrected chi connectivity index (χ0v) is 10.2. The summed E-state index contributed by atoms with van der Waals surface area (Å²) >= 11 is 5.83. The SMILES string of the molecule is CC(c1ccc(Cl)cc1)N(C)C[C@@H](C)O. The third kappa shape index (κ3) is 3.82. The molecule has 1 N–H and O–H groups in total. The fraction of sp³-hybridized carbons (Fsp3) is 0.500. The van der Waals surface area contributed by atoms with E-state index in [2.05, 4.69) is 11.8 Å². The number of aliphatic hydroxyl groups is 1. The van der Waals surface area contributed by atoms with Crippen LogP contribution in [0.4, 0.5) is 0 Å². The second-order valence-electron chi connectivity index (χ2n) is 4.02. The van der Waals surface area contributed by atoms with Crippen LogP contribution in [-0.4, -0.2) is 29.7 Å². The molecule has 15 heavy (non-hydrogen) atoms. The van der Waals surface area contributed by atoms with Crippen LogP contribution < -0.4 is 0 Å². The average Bonchev–Trinajstić information content (AvgIpc) is 2.17. The third-order valence-corrected chi connectivity index (χ3v) is 2.82. The van der Waals surface area contributed by atoms with E-state index in [1.54, 1.807) is 6.92 Å². The van der Waals surface area contributed by atoms with Crippen molar-refractivity contribution in [3.63, 3.8) is 0 Å². The maximum atomic E-state index is 9.30. The van der Waals surface area contributed by atoms with E-state index in [0.717, 1.165) is 5.02 Å². The lowest BCUT2D eigenvalue weighted by atomic mass is 10.1. The van der Waals surface area contributed by atoms with E-state index in [9.17, 15) is 5.11 Å². The molecule has 2 nitrogen and oxygen atoms in total. The summed E-state index contributed by atoms with van der Waals surface area (Å²) in [6.45, 7) is 4.58. The average molecular weight is 228 g/mol. The van der Waals surface area contributed by atoms with Crippen molar-refractivity contribution < 1.29 is 5.11 Å². The highest BCUT2D eigenvalue weighted by Gasteiger charge is 2.12. The summed E-state index contributed by atoms with van der Waals surface area (Å²) in [7, 11) is 2.01. The zero-order valence-electron chi connectivity index (χ0n) is 9.44. The molecule has 0 aliphatic rings. The van der Waals surface area contributed by atoms with Crippen molar-refractivity contribution in [3.8, 4) is 0 Å². The first kappa shape index (κ1) is 12.5. The molecule has 1 aromatic rings. The molecule has 1 unspecified atom stereocenters. The molecule has 0 aliphatic heterocycles. The minimum Gasteiger partial charge on any atom is -0.392 e. The van der Waals surface area contributed by atoms with E-state index in [-0.39, 0.29) is 12.1 Å². The molecule has 1 aromatic carbocycles. The van der Waals surface area contributed by atoms with Gasteiger partial charge < -0.3 is 5.11 Å². The van der Waals surface area contributed by atoms with E-state index < -0.39 is 0 Å². The molecule has 0 spiro atoms. The van der Waals surface area contributed by atoms with Gasteiger partial charge in [-0.05, 0) is 38.6 Å². The molecule has 1 rings (SSSR count). The second kappa shape index (κ2) is 5.50. The van der Waals surface area contributed by atoms with Gasteiger partial charge in [0.15, 0.2) is 0 Å². The van der Waals surface area contributed by atoms with E-state index in [1.165, 1.54) is 5.56 Å². The van der Waals surface area contributed by atoms with Gasteiger partial charge in [-0.2, -0.15) is 0 Å². The molecule has 0 heterocycles. The monoisotopic (exact) mass is 227 g/mol. The van der Waals surface area contributed by atoms with E-state index in [4.69, 9.17) is 11.6 Å². The lowest BCUT2D eigenvalue weighted by Crippen LogP contribution is -2.29. The first-order chi connectivity index (χ1) is 7.00. The predicted molar refractivity (Wildman–Crippen MR) is 64.2 cm³/mol. The quantitative estimate of drug-likeness (QED) is 0.855. The summed E-state index contributed by atoms with van der Waals surface area (Å²) in [4.78, 5) is 2.12. The van der Waals surface area contributed by atoms with Gasteiger partial charge in [0.1, 0.15) is 0 Å². The van der Waals surface area contributed by atoms with Crippen molar-refractivity contribution in [2.24, 2.45) is 0 Å². The van der Waals surface area contributed by atoms with Crippen LogP contribution in [0.5, 0.6) is 0 Å². The first-order valence-corrected chi connectivity index (χ1v) is 5.52. The van der Waals surface area contributed by atoms with Gasteiger partial charge >= 0.3 is 0 Å². The molecule has 0 amide bonds. The number of aliphatic hydroxyl groups excluding tert-OH is 1. The molecular formula is C12H18ClNO. The summed E-state index contributed by atoms with van der Waals surface area (Å²) in [6, 6.07) is 8.11. The second-order valence-corrected chi connectivity index (χ2v) is 4.45. The maximum Gasteiger partial charge on any atom is 0.0639 e. The Bertz CT molecular complexity index is 297. The Hall–Kier alpha value is -0.570. The van der Waals surface area contributed by atoms with Crippen LogP contribution in [0.15, 0.2) is 24.3 Å². The molecule has 0 aromatic heterocycles. The Morgan fingerprint density at radius 3 is 2.27 bits per heavy atom. The Labute approximate surface area is 96.5 Å². The van der Waals surface area contributed by atoms with E-state index >= 15 is 0 Å². The lowest BCUT2D eigenvalue weighted by Gasteiger charge is -2.26. The number of nitrogens with zero attached hydrogens (tertiary/aromatic N) is 1. The smallest absolute Gasteiger partial charge is 0.0639 e. The molecule has 0 aliphatic carbocycles. The lowest BCUT2D eigenvalue weighted by molar-refractivity contribution is 0.122. The Morgan fingerprint density at radius 2 is 1.80 bits per heavy atom. The molecular weight excluding hydrogens is 210 g/mol. The van der Waals surface area contributed by atoms with Crippen LogP contribution in [0.1, 0.15) is 25.5 Å².